The lowest BCUT2D eigenvalue weighted by Crippen LogP contribution is -2.27. The van der Waals surface area contributed by atoms with E-state index in [9.17, 15) is 0 Å². The lowest BCUT2D eigenvalue weighted by atomic mass is 10.0. The minimum Gasteiger partial charge on any atom is -0.316 e. The third-order valence-electron chi connectivity index (χ3n) is 2.32. The van der Waals surface area contributed by atoms with E-state index in [-0.39, 0.29) is 0 Å². The molecule has 0 saturated carbocycles. The molecule has 0 rings (SSSR count). The second kappa shape index (κ2) is 11.7. The largest absolute Gasteiger partial charge is 0.316 e. The van der Waals surface area contributed by atoms with Crippen LogP contribution in [0.1, 0.15) is 19.8 Å². The predicted molar refractivity (Wildman–Crippen MR) is 71.8 cm³/mol. The SMILES string of the molecule is CCC(CCNCCS)CNCCS. The molecule has 0 aromatic carbocycles. The van der Waals surface area contributed by atoms with Crippen LogP contribution in [0.3, 0.4) is 0 Å². The van der Waals surface area contributed by atoms with Gasteiger partial charge >= 0.3 is 0 Å². The molecule has 2 N–H and O–H groups in total. The van der Waals surface area contributed by atoms with Crippen molar-refractivity contribution in [2.24, 2.45) is 5.92 Å². The van der Waals surface area contributed by atoms with Crippen LogP contribution in [-0.2, 0) is 0 Å². The van der Waals surface area contributed by atoms with E-state index < -0.39 is 0 Å². The highest BCUT2D eigenvalue weighted by atomic mass is 32.1. The van der Waals surface area contributed by atoms with Crippen molar-refractivity contribution in [1.29, 1.82) is 0 Å². The van der Waals surface area contributed by atoms with Crippen LogP contribution < -0.4 is 10.6 Å². The fourth-order valence-electron chi connectivity index (χ4n) is 1.35. The molecule has 0 heterocycles. The van der Waals surface area contributed by atoms with E-state index in [1.165, 1.54) is 12.8 Å². The van der Waals surface area contributed by atoms with Crippen molar-refractivity contribution < 1.29 is 0 Å². The predicted octanol–water partition coefficient (Wildman–Crippen LogP) is 1.44. The summed E-state index contributed by atoms with van der Waals surface area (Å²) in [5, 5.41) is 6.78. The van der Waals surface area contributed by atoms with Crippen LogP contribution in [0.4, 0.5) is 0 Å². The molecule has 0 aliphatic heterocycles. The Morgan fingerprint density at radius 3 is 2.21 bits per heavy atom. The Bertz CT molecular complexity index is 112. The van der Waals surface area contributed by atoms with Gasteiger partial charge in [-0.3, -0.25) is 0 Å². The van der Waals surface area contributed by atoms with E-state index in [0.29, 0.717) is 0 Å². The smallest absolute Gasteiger partial charge is 0.00398 e. The van der Waals surface area contributed by atoms with Gasteiger partial charge < -0.3 is 10.6 Å². The quantitative estimate of drug-likeness (QED) is 0.341. The zero-order chi connectivity index (χ0) is 10.6. The van der Waals surface area contributed by atoms with Gasteiger partial charge in [0.25, 0.3) is 0 Å². The van der Waals surface area contributed by atoms with Crippen molar-refractivity contribution >= 4 is 25.3 Å². The molecule has 0 aromatic rings. The molecule has 0 saturated heterocycles. The number of thiol groups is 2. The Hall–Kier alpha value is 0.620. The van der Waals surface area contributed by atoms with E-state index >= 15 is 0 Å². The maximum atomic E-state index is 4.17. The highest BCUT2D eigenvalue weighted by Gasteiger charge is 2.04. The maximum Gasteiger partial charge on any atom is 0.00398 e. The summed E-state index contributed by atoms with van der Waals surface area (Å²) in [5.41, 5.74) is 0. The first-order chi connectivity index (χ1) is 6.85. The maximum absolute atomic E-state index is 4.17. The highest BCUT2D eigenvalue weighted by molar-refractivity contribution is 7.80. The molecule has 1 atom stereocenters. The van der Waals surface area contributed by atoms with Gasteiger partial charge in [-0.05, 0) is 25.4 Å². The van der Waals surface area contributed by atoms with Crippen molar-refractivity contribution in [1.82, 2.24) is 10.6 Å². The van der Waals surface area contributed by atoms with Crippen LogP contribution >= 0.6 is 25.3 Å². The van der Waals surface area contributed by atoms with Gasteiger partial charge in [0.15, 0.2) is 0 Å². The fourth-order valence-corrected chi connectivity index (χ4v) is 1.66. The lowest BCUT2D eigenvalue weighted by molar-refractivity contribution is 0.429. The third-order valence-corrected chi connectivity index (χ3v) is 2.76. The van der Waals surface area contributed by atoms with Crippen LogP contribution in [0.2, 0.25) is 0 Å². The molecule has 0 aromatic heterocycles. The monoisotopic (exact) mass is 236 g/mol. The van der Waals surface area contributed by atoms with Crippen LogP contribution in [0.25, 0.3) is 0 Å². The summed E-state index contributed by atoms with van der Waals surface area (Å²) in [5.74, 6) is 2.64. The molecule has 14 heavy (non-hydrogen) atoms. The van der Waals surface area contributed by atoms with Crippen molar-refractivity contribution in [2.75, 3.05) is 37.7 Å². The molecule has 0 fully saturated rings. The summed E-state index contributed by atoms with van der Waals surface area (Å²) in [6.07, 6.45) is 2.51. The Labute approximate surface area is 99.4 Å². The Morgan fingerprint density at radius 1 is 1.00 bits per heavy atom. The van der Waals surface area contributed by atoms with E-state index in [1.807, 2.05) is 0 Å². The van der Waals surface area contributed by atoms with E-state index in [2.05, 4.69) is 42.8 Å². The van der Waals surface area contributed by atoms with Gasteiger partial charge in [0.1, 0.15) is 0 Å². The second-order valence-corrected chi connectivity index (χ2v) is 4.36. The Kier molecular flexibility index (Phi) is 12.2. The number of hydrogen-bond acceptors (Lipinski definition) is 4. The topological polar surface area (TPSA) is 24.1 Å². The summed E-state index contributed by atoms with van der Waals surface area (Å²) in [6, 6.07) is 0. The highest BCUT2D eigenvalue weighted by Crippen LogP contribution is 2.05. The zero-order valence-electron chi connectivity index (χ0n) is 9.13. The molecule has 0 amide bonds. The first kappa shape index (κ1) is 14.6. The van der Waals surface area contributed by atoms with Gasteiger partial charge in [-0.25, -0.2) is 0 Å². The van der Waals surface area contributed by atoms with Gasteiger partial charge in [0.2, 0.25) is 0 Å². The molecular formula is C10H24N2S2. The molecule has 2 nitrogen and oxygen atoms in total. The van der Waals surface area contributed by atoms with Crippen LogP contribution in [-0.4, -0.2) is 37.7 Å². The Balaban J connectivity index is 3.28. The zero-order valence-corrected chi connectivity index (χ0v) is 10.9. The average molecular weight is 236 g/mol. The van der Waals surface area contributed by atoms with Crippen molar-refractivity contribution in [3.05, 3.63) is 0 Å². The third kappa shape index (κ3) is 9.19. The molecule has 1 unspecified atom stereocenters. The minimum atomic E-state index is 0.794. The summed E-state index contributed by atoms with van der Waals surface area (Å²) < 4.78 is 0. The summed E-state index contributed by atoms with van der Waals surface area (Å²) in [7, 11) is 0. The van der Waals surface area contributed by atoms with E-state index in [1.54, 1.807) is 0 Å². The number of rotatable bonds is 10. The van der Waals surface area contributed by atoms with Crippen molar-refractivity contribution in [3.63, 3.8) is 0 Å². The van der Waals surface area contributed by atoms with Crippen molar-refractivity contribution in [2.45, 2.75) is 19.8 Å². The van der Waals surface area contributed by atoms with Gasteiger partial charge in [-0.1, -0.05) is 13.3 Å². The summed E-state index contributed by atoms with van der Waals surface area (Å²) in [4.78, 5) is 0. The molecule has 0 aliphatic rings. The summed E-state index contributed by atoms with van der Waals surface area (Å²) in [6.45, 7) is 6.53. The fraction of sp³-hybridized carbons (Fsp3) is 1.00. The first-order valence-corrected chi connectivity index (χ1v) is 6.74. The molecule has 0 radical (unpaired) electrons. The Morgan fingerprint density at radius 2 is 1.64 bits per heavy atom. The lowest BCUT2D eigenvalue weighted by Gasteiger charge is -2.15. The average Bonchev–Trinajstić information content (AvgIpc) is 2.22. The number of nitrogens with one attached hydrogen (secondary N) is 2. The summed E-state index contributed by atoms with van der Waals surface area (Å²) >= 11 is 8.32. The molecule has 0 spiro atoms. The van der Waals surface area contributed by atoms with Gasteiger partial charge in [-0.2, -0.15) is 25.3 Å². The minimum absolute atomic E-state index is 0.794. The van der Waals surface area contributed by atoms with Gasteiger partial charge in [-0.15, -0.1) is 0 Å². The van der Waals surface area contributed by atoms with Crippen LogP contribution in [0.15, 0.2) is 0 Å². The normalized spacial score (nSPS) is 13.1. The van der Waals surface area contributed by atoms with Gasteiger partial charge in [0.05, 0.1) is 0 Å². The molecular weight excluding hydrogens is 212 g/mol. The van der Waals surface area contributed by atoms with Gasteiger partial charge in [0, 0.05) is 24.6 Å². The van der Waals surface area contributed by atoms with E-state index in [4.69, 9.17) is 0 Å². The first-order valence-electron chi connectivity index (χ1n) is 5.48. The molecule has 4 heteroatoms. The standard InChI is InChI=1S/C10H24N2S2/c1-2-10(9-12-6-8-14)3-4-11-5-7-13/h10-14H,2-9H2,1H3. The molecule has 0 bridgehead atoms. The van der Waals surface area contributed by atoms with Crippen molar-refractivity contribution in [3.8, 4) is 0 Å². The number of hydrogen-bond donors (Lipinski definition) is 4. The van der Waals surface area contributed by atoms with Crippen LogP contribution in [0, 0.1) is 5.92 Å². The molecule has 86 valence electrons. The second-order valence-electron chi connectivity index (χ2n) is 3.46. The van der Waals surface area contributed by atoms with Crippen LogP contribution in [0.5, 0.6) is 0 Å². The molecule has 0 aliphatic carbocycles. The van der Waals surface area contributed by atoms with E-state index in [0.717, 1.165) is 43.6 Å².